The summed E-state index contributed by atoms with van der Waals surface area (Å²) in [6.07, 6.45) is 8.48. The van der Waals surface area contributed by atoms with Gasteiger partial charge < -0.3 is 10.2 Å². The van der Waals surface area contributed by atoms with E-state index in [0.717, 1.165) is 36.7 Å². The van der Waals surface area contributed by atoms with Gasteiger partial charge in [-0.3, -0.25) is 9.78 Å². The number of carbonyl (C=O) groups excluding carboxylic acids is 1. The molecule has 2 fully saturated rings. The number of amides is 1. The number of thioether (sulfide) groups is 1. The summed E-state index contributed by atoms with van der Waals surface area (Å²) in [5, 5.41) is 3.60. The number of likely N-dealkylation sites (tertiary alicyclic amines) is 1. The molecule has 1 atom stereocenters. The van der Waals surface area contributed by atoms with Gasteiger partial charge in [-0.2, -0.15) is 0 Å². The topological polar surface area (TPSA) is 45.2 Å². The van der Waals surface area contributed by atoms with Crippen LogP contribution in [0.4, 0.5) is 0 Å². The zero-order valence-corrected chi connectivity index (χ0v) is 14.4. The first-order valence-corrected chi connectivity index (χ1v) is 8.85. The lowest BCUT2D eigenvalue weighted by atomic mass is 9.88. The number of pyridine rings is 1. The minimum atomic E-state index is 0. The molecule has 3 heterocycles. The fraction of sp³-hybridized carbons (Fsp3) is 0.625. The van der Waals surface area contributed by atoms with Crippen molar-refractivity contribution in [3.8, 4) is 0 Å². The number of nitrogens with one attached hydrogen (secondary N) is 1. The fourth-order valence-electron chi connectivity index (χ4n) is 3.34. The first-order chi connectivity index (χ1) is 10.3. The summed E-state index contributed by atoms with van der Waals surface area (Å²) in [6.45, 7) is 3.03. The maximum atomic E-state index is 12.3. The predicted molar refractivity (Wildman–Crippen MR) is 92.5 cm³/mol. The first kappa shape index (κ1) is 17.6. The van der Waals surface area contributed by atoms with E-state index in [9.17, 15) is 4.79 Å². The molecular weight excluding hydrogens is 318 g/mol. The maximum absolute atomic E-state index is 12.3. The second-order valence-electron chi connectivity index (χ2n) is 5.89. The van der Waals surface area contributed by atoms with Crippen LogP contribution in [-0.2, 0) is 4.79 Å². The Balaban J connectivity index is 0.00000176. The SMILES string of the molecule is Cl.O=C(CSc1ccncc1)N1CCC(C2CCCN2)CC1. The van der Waals surface area contributed by atoms with Gasteiger partial charge in [-0.15, -0.1) is 24.2 Å². The maximum Gasteiger partial charge on any atom is 0.232 e. The summed E-state index contributed by atoms with van der Waals surface area (Å²) in [7, 11) is 0. The molecule has 1 unspecified atom stereocenters. The van der Waals surface area contributed by atoms with Crippen LogP contribution in [0, 0.1) is 5.92 Å². The van der Waals surface area contributed by atoms with Crippen molar-refractivity contribution in [1.29, 1.82) is 0 Å². The van der Waals surface area contributed by atoms with Crippen molar-refractivity contribution in [3.63, 3.8) is 0 Å². The zero-order valence-electron chi connectivity index (χ0n) is 12.7. The Morgan fingerprint density at radius 3 is 2.64 bits per heavy atom. The van der Waals surface area contributed by atoms with E-state index in [4.69, 9.17) is 0 Å². The molecule has 0 spiro atoms. The summed E-state index contributed by atoms with van der Waals surface area (Å²) in [5.74, 6) is 1.58. The highest BCUT2D eigenvalue weighted by atomic mass is 35.5. The minimum Gasteiger partial charge on any atom is -0.342 e. The van der Waals surface area contributed by atoms with E-state index in [1.807, 2.05) is 17.0 Å². The van der Waals surface area contributed by atoms with Crippen molar-refractivity contribution >= 4 is 30.1 Å². The van der Waals surface area contributed by atoms with Gasteiger partial charge in [0.25, 0.3) is 0 Å². The third-order valence-corrected chi connectivity index (χ3v) is 5.57. The molecule has 0 bridgehead atoms. The molecule has 0 aliphatic carbocycles. The van der Waals surface area contributed by atoms with E-state index in [1.54, 1.807) is 24.2 Å². The second-order valence-corrected chi connectivity index (χ2v) is 6.94. The highest BCUT2D eigenvalue weighted by Crippen LogP contribution is 2.26. The Morgan fingerprint density at radius 1 is 1.27 bits per heavy atom. The van der Waals surface area contributed by atoms with Crippen LogP contribution >= 0.6 is 24.2 Å². The molecule has 1 N–H and O–H groups in total. The summed E-state index contributed by atoms with van der Waals surface area (Å²) in [6, 6.07) is 4.61. The molecule has 1 aromatic heterocycles. The van der Waals surface area contributed by atoms with Crippen molar-refractivity contribution < 1.29 is 4.79 Å². The van der Waals surface area contributed by atoms with E-state index in [1.165, 1.54) is 19.4 Å². The lowest BCUT2D eigenvalue weighted by Gasteiger charge is -2.34. The number of rotatable bonds is 4. The monoisotopic (exact) mass is 341 g/mol. The van der Waals surface area contributed by atoms with Gasteiger partial charge >= 0.3 is 0 Å². The summed E-state index contributed by atoms with van der Waals surface area (Å²) in [4.78, 5) is 19.4. The van der Waals surface area contributed by atoms with E-state index < -0.39 is 0 Å². The van der Waals surface area contributed by atoms with Gasteiger partial charge in [-0.05, 0) is 50.3 Å². The van der Waals surface area contributed by atoms with Crippen molar-refractivity contribution in [2.24, 2.45) is 5.92 Å². The molecule has 6 heteroatoms. The Bertz CT molecular complexity index is 460. The van der Waals surface area contributed by atoms with Crippen LogP contribution in [0.15, 0.2) is 29.4 Å². The highest BCUT2D eigenvalue weighted by molar-refractivity contribution is 8.00. The summed E-state index contributed by atoms with van der Waals surface area (Å²) >= 11 is 1.60. The predicted octanol–water partition coefficient (Wildman–Crippen LogP) is 2.59. The van der Waals surface area contributed by atoms with Crippen LogP contribution in [0.3, 0.4) is 0 Å². The minimum absolute atomic E-state index is 0. The molecule has 3 rings (SSSR count). The molecule has 0 radical (unpaired) electrons. The van der Waals surface area contributed by atoms with Gasteiger partial charge in [0.05, 0.1) is 5.75 Å². The number of nitrogens with zero attached hydrogens (tertiary/aromatic N) is 2. The van der Waals surface area contributed by atoms with E-state index in [2.05, 4.69) is 10.3 Å². The number of halogens is 1. The van der Waals surface area contributed by atoms with Crippen LogP contribution in [0.25, 0.3) is 0 Å². The third kappa shape index (κ3) is 4.61. The van der Waals surface area contributed by atoms with Gasteiger partial charge in [0, 0.05) is 36.4 Å². The summed E-state index contributed by atoms with van der Waals surface area (Å²) in [5.41, 5.74) is 0. The van der Waals surface area contributed by atoms with Crippen LogP contribution in [0.5, 0.6) is 0 Å². The Kier molecular flexibility index (Phi) is 6.99. The largest absolute Gasteiger partial charge is 0.342 e. The molecule has 2 saturated heterocycles. The average molecular weight is 342 g/mol. The van der Waals surface area contributed by atoms with Crippen LogP contribution in [0.1, 0.15) is 25.7 Å². The zero-order chi connectivity index (χ0) is 14.5. The molecule has 22 heavy (non-hydrogen) atoms. The smallest absolute Gasteiger partial charge is 0.232 e. The molecule has 1 aromatic rings. The Labute approximate surface area is 142 Å². The number of piperidine rings is 1. The Hall–Kier alpha value is -0.780. The van der Waals surface area contributed by atoms with Crippen molar-refractivity contribution in [2.75, 3.05) is 25.4 Å². The van der Waals surface area contributed by atoms with E-state index in [-0.39, 0.29) is 18.3 Å². The van der Waals surface area contributed by atoms with Crippen LogP contribution < -0.4 is 5.32 Å². The molecule has 4 nitrogen and oxygen atoms in total. The van der Waals surface area contributed by atoms with E-state index >= 15 is 0 Å². The van der Waals surface area contributed by atoms with Crippen molar-refractivity contribution in [2.45, 2.75) is 36.6 Å². The number of hydrogen-bond donors (Lipinski definition) is 1. The van der Waals surface area contributed by atoms with Gasteiger partial charge in [0.15, 0.2) is 0 Å². The summed E-state index contributed by atoms with van der Waals surface area (Å²) < 4.78 is 0. The van der Waals surface area contributed by atoms with Gasteiger partial charge in [0.1, 0.15) is 0 Å². The van der Waals surface area contributed by atoms with Crippen LogP contribution in [0.2, 0.25) is 0 Å². The standard InChI is InChI=1S/C16H23N3OS.ClH/c20-16(12-21-14-3-8-17-9-4-14)19-10-5-13(6-11-19)15-2-1-7-18-15;/h3-4,8-9,13,15,18H,1-2,5-7,10-12H2;1H. The highest BCUT2D eigenvalue weighted by Gasteiger charge is 2.29. The molecule has 2 aliphatic rings. The lowest BCUT2D eigenvalue weighted by molar-refractivity contribution is -0.129. The number of aromatic nitrogens is 1. The molecule has 2 aliphatic heterocycles. The van der Waals surface area contributed by atoms with Gasteiger partial charge in [-0.1, -0.05) is 0 Å². The quantitative estimate of drug-likeness (QED) is 0.855. The number of hydrogen-bond acceptors (Lipinski definition) is 4. The molecule has 122 valence electrons. The van der Waals surface area contributed by atoms with Crippen LogP contribution in [-0.4, -0.2) is 47.2 Å². The van der Waals surface area contributed by atoms with Crippen molar-refractivity contribution in [3.05, 3.63) is 24.5 Å². The number of carbonyl (C=O) groups is 1. The second kappa shape index (κ2) is 8.75. The van der Waals surface area contributed by atoms with Crippen molar-refractivity contribution in [1.82, 2.24) is 15.2 Å². The third-order valence-electron chi connectivity index (χ3n) is 4.57. The molecular formula is C16H24ClN3OS. The van der Waals surface area contributed by atoms with Gasteiger partial charge in [-0.25, -0.2) is 0 Å². The molecule has 1 amide bonds. The Morgan fingerprint density at radius 2 is 2.00 bits per heavy atom. The molecule has 0 aromatic carbocycles. The van der Waals surface area contributed by atoms with E-state index in [0.29, 0.717) is 11.8 Å². The normalized spacial score (nSPS) is 22.4. The van der Waals surface area contributed by atoms with Gasteiger partial charge in [0.2, 0.25) is 5.91 Å². The lowest BCUT2D eigenvalue weighted by Crippen LogP contribution is -2.43. The fourth-order valence-corrected chi connectivity index (χ4v) is 4.12. The first-order valence-electron chi connectivity index (χ1n) is 7.87. The molecule has 0 saturated carbocycles. The average Bonchev–Trinajstić information content (AvgIpc) is 3.08.